The van der Waals surface area contributed by atoms with Crippen molar-refractivity contribution in [2.45, 2.75) is 63.9 Å². The van der Waals surface area contributed by atoms with Crippen LogP contribution < -0.4 is 5.73 Å². The standard InChI is InChI=1S/C28H34O3.CH5N/c1-28-11-9-24-23-7-5-18(10-12-29)14-21(23)6-8-25(24)26(28)16-22(27(28)31)15-19-3-2-4-20(13-19)17-30;1-2/h2-5,7,13-14,17,22,24-27,29,31H,6,8-12,15-16H2,1H3;2H2,1H3. The highest BCUT2D eigenvalue weighted by atomic mass is 16.3. The Morgan fingerprint density at radius 3 is 2.70 bits per heavy atom. The molecule has 5 rings (SSSR count). The largest absolute Gasteiger partial charge is 0.396 e. The average Bonchev–Trinajstić information content (AvgIpc) is 3.10. The maximum Gasteiger partial charge on any atom is 0.150 e. The van der Waals surface area contributed by atoms with Crippen molar-refractivity contribution >= 4 is 6.29 Å². The van der Waals surface area contributed by atoms with Crippen LogP contribution in [-0.4, -0.2) is 36.3 Å². The second-order valence-electron chi connectivity index (χ2n) is 10.5. The molecule has 6 atom stereocenters. The van der Waals surface area contributed by atoms with Crippen molar-refractivity contribution in [2.75, 3.05) is 13.7 Å². The molecule has 2 aromatic rings. The number of benzene rings is 2. The number of aryl methyl sites for hydroxylation is 1. The molecule has 4 nitrogen and oxygen atoms in total. The van der Waals surface area contributed by atoms with E-state index in [1.165, 1.54) is 30.2 Å². The molecular weight excluding hydrogens is 410 g/mol. The SMILES string of the molecule is CC12CCC3c4ccc(CCO)cc4CCC3C1CC(Cc1cccc(C=O)c1)C2O.CN. The van der Waals surface area contributed by atoms with Crippen LogP contribution in [0.2, 0.25) is 0 Å². The zero-order valence-electron chi connectivity index (χ0n) is 20.0. The number of fused-ring (bicyclic) bond motifs is 5. The van der Waals surface area contributed by atoms with Crippen LogP contribution in [0.3, 0.4) is 0 Å². The molecule has 0 heterocycles. The first kappa shape index (κ1) is 24.1. The number of aldehydes is 1. The number of carbonyl (C=O) groups is 1. The van der Waals surface area contributed by atoms with Gasteiger partial charge in [-0.15, -0.1) is 0 Å². The van der Waals surface area contributed by atoms with E-state index >= 15 is 0 Å². The van der Waals surface area contributed by atoms with Crippen molar-refractivity contribution in [1.82, 2.24) is 0 Å². The van der Waals surface area contributed by atoms with Gasteiger partial charge in [0.05, 0.1) is 6.10 Å². The van der Waals surface area contributed by atoms with Crippen molar-refractivity contribution < 1.29 is 15.0 Å². The maximum atomic E-state index is 11.4. The predicted molar refractivity (Wildman–Crippen MR) is 132 cm³/mol. The molecule has 0 spiro atoms. The zero-order valence-corrected chi connectivity index (χ0v) is 20.0. The normalized spacial score (nSPS) is 32.1. The van der Waals surface area contributed by atoms with E-state index in [0.717, 1.165) is 55.9 Å². The van der Waals surface area contributed by atoms with Crippen LogP contribution >= 0.6 is 0 Å². The first-order chi connectivity index (χ1) is 16.0. The Bertz CT molecular complexity index is 973. The van der Waals surface area contributed by atoms with Gasteiger partial charge in [0.25, 0.3) is 0 Å². The molecule has 2 saturated carbocycles. The van der Waals surface area contributed by atoms with Crippen LogP contribution in [0.25, 0.3) is 0 Å². The minimum Gasteiger partial charge on any atom is -0.396 e. The third-order valence-electron chi connectivity index (χ3n) is 8.89. The Hall–Kier alpha value is -2.01. The summed E-state index contributed by atoms with van der Waals surface area (Å²) in [4.78, 5) is 11.2. The predicted octanol–water partition coefficient (Wildman–Crippen LogP) is 4.29. The number of nitrogens with two attached hydrogens (primary N) is 1. The van der Waals surface area contributed by atoms with Crippen LogP contribution in [0.15, 0.2) is 42.5 Å². The molecule has 0 radical (unpaired) electrons. The van der Waals surface area contributed by atoms with Crippen LogP contribution in [0, 0.1) is 23.2 Å². The fraction of sp³-hybridized carbons (Fsp3) is 0.552. The van der Waals surface area contributed by atoms with Gasteiger partial charge in [-0.2, -0.15) is 0 Å². The van der Waals surface area contributed by atoms with Gasteiger partial charge < -0.3 is 15.9 Å². The molecule has 0 amide bonds. The first-order valence-corrected chi connectivity index (χ1v) is 12.6. The van der Waals surface area contributed by atoms with Gasteiger partial charge in [0.2, 0.25) is 0 Å². The van der Waals surface area contributed by atoms with Crippen LogP contribution in [0.1, 0.15) is 71.1 Å². The molecule has 178 valence electrons. The molecule has 0 aromatic heterocycles. The van der Waals surface area contributed by atoms with E-state index in [2.05, 4.69) is 36.9 Å². The van der Waals surface area contributed by atoms with E-state index in [1.807, 2.05) is 18.2 Å². The summed E-state index contributed by atoms with van der Waals surface area (Å²) in [5, 5.41) is 20.7. The molecule has 33 heavy (non-hydrogen) atoms. The Kier molecular flexibility index (Phi) is 7.37. The molecule has 0 aliphatic heterocycles. The van der Waals surface area contributed by atoms with Gasteiger partial charge in [0.1, 0.15) is 6.29 Å². The number of hydrogen-bond donors (Lipinski definition) is 3. The number of hydrogen-bond acceptors (Lipinski definition) is 4. The second-order valence-corrected chi connectivity index (χ2v) is 10.5. The third kappa shape index (κ3) is 4.41. The average molecular weight is 450 g/mol. The monoisotopic (exact) mass is 449 g/mol. The van der Waals surface area contributed by atoms with E-state index < -0.39 is 0 Å². The number of carbonyl (C=O) groups excluding carboxylic acids is 1. The van der Waals surface area contributed by atoms with Crippen LogP contribution in [0.5, 0.6) is 0 Å². The molecule has 6 unspecified atom stereocenters. The summed E-state index contributed by atoms with van der Waals surface area (Å²) in [6, 6.07) is 14.7. The lowest BCUT2D eigenvalue weighted by molar-refractivity contribution is -0.0325. The minimum absolute atomic E-state index is 0.00242. The Morgan fingerprint density at radius 1 is 1.12 bits per heavy atom. The highest BCUT2D eigenvalue weighted by Gasteiger charge is 2.57. The molecular formula is C29H39NO3. The molecule has 2 aromatic carbocycles. The quantitative estimate of drug-likeness (QED) is 0.595. The van der Waals surface area contributed by atoms with Crippen molar-refractivity contribution in [3.05, 3.63) is 70.3 Å². The third-order valence-corrected chi connectivity index (χ3v) is 8.89. The van der Waals surface area contributed by atoms with Crippen LogP contribution in [0.4, 0.5) is 0 Å². The summed E-state index contributed by atoms with van der Waals surface area (Å²) in [6.45, 7) is 2.54. The molecule has 4 N–H and O–H groups in total. The molecule has 3 aliphatic rings. The first-order valence-electron chi connectivity index (χ1n) is 12.6. The van der Waals surface area contributed by atoms with Gasteiger partial charge in [0, 0.05) is 12.2 Å². The molecule has 3 aliphatic carbocycles. The van der Waals surface area contributed by atoms with E-state index in [0.29, 0.717) is 17.8 Å². The number of aliphatic hydroxyl groups is 2. The Morgan fingerprint density at radius 2 is 1.94 bits per heavy atom. The van der Waals surface area contributed by atoms with Crippen molar-refractivity contribution in [3.63, 3.8) is 0 Å². The smallest absolute Gasteiger partial charge is 0.150 e. The molecule has 0 saturated heterocycles. The summed E-state index contributed by atoms with van der Waals surface area (Å²) < 4.78 is 0. The van der Waals surface area contributed by atoms with E-state index in [9.17, 15) is 15.0 Å². The van der Waals surface area contributed by atoms with Crippen molar-refractivity contribution in [2.24, 2.45) is 28.9 Å². The van der Waals surface area contributed by atoms with Gasteiger partial charge in [-0.05, 0) is 109 Å². The van der Waals surface area contributed by atoms with Crippen LogP contribution in [-0.2, 0) is 19.3 Å². The van der Waals surface area contributed by atoms with Gasteiger partial charge in [-0.1, -0.05) is 43.3 Å². The van der Waals surface area contributed by atoms with E-state index in [4.69, 9.17) is 0 Å². The van der Waals surface area contributed by atoms with Gasteiger partial charge >= 0.3 is 0 Å². The summed E-state index contributed by atoms with van der Waals surface area (Å²) in [5.74, 6) is 2.08. The highest BCUT2D eigenvalue weighted by Crippen LogP contribution is 2.62. The number of rotatable bonds is 5. The van der Waals surface area contributed by atoms with Crippen molar-refractivity contribution in [3.8, 4) is 0 Å². The summed E-state index contributed by atoms with van der Waals surface area (Å²) in [6.07, 6.45) is 7.89. The Balaban J connectivity index is 0.00000126. The minimum atomic E-state index is -0.272. The maximum absolute atomic E-state index is 11.4. The van der Waals surface area contributed by atoms with Gasteiger partial charge in [-0.3, -0.25) is 4.79 Å². The zero-order chi connectivity index (χ0) is 23.6. The summed E-state index contributed by atoms with van der Waals surface area (Å²) in [7, 11) is 1.50. The van der Waals surface area contributed by atoms with E-state index in [1.54, 1.807) is 0 Å². The topological polar surface area (TPSA) is 83.5 Å². The summed E-state index contributed by atoms with van der Waals surface area (Å²) in [5.41, 5.74) is 10.6. The fourth-order valence-corrected chi connectivity index (χ4v) is 7.36. The second kappa shape index (κ2) is 10.1. The fourth-order valence-electron chi connectivity index (χ4n) is 7.36. The lowest BCUT2D eigenvalue weighted by Crippen LogP contribution is -2.44. The van der Waals surface area contributed by atoms with Gasteiger partial charge in [0.15, 0.2) is 0 Å². The highest BCUT2D eigenvalue weighted by molar-refractivity contribution is 5.74. The lowest BCUT2D eigenvalue weighted by atomic mass is 9.55. The van der Waals surface area contributed by atoms with Crippen molar-refractivity contribution in [1.29, 1.82) is 0 Å². The molecule has 4 heteroatoms. The number of aliphatic hydroxyl groups excluding tert-OH is 2. The lowest BCUT2D eigenvalue weighted by Gasteiger charge is -2.50. The van der Waals surface area contributed by atoms with E-state index in [-0.39, 0.29) is 24.0 Å². The Labute approximate surface area is 198 Å². The van der Waals surface area contributed by atoms with Gasteiger partial charge in [-0.25, -0.2) is 0 Å². The molecule has 2 fully saturated rings. The summed E-state index contributed by atoms with van der Waals surface area (Å²) >= 11 is 0. The molecule has 0 bridgehead atoms.